The lowest BCUT2D eigenvalue weighted by Crippen LogP contribution is -2.38. The summed E-state index contributed by atoms with van der Waals surface area (Å²) >= 11 is 1.71. The van der Waals surface area contributed by atoms with Crippen molar-refractivity contribution in [3.8, 4) is 11.4 Å². The van der Waals surface area contributed by atoms with E-state index in [2.05, 4.69) is 64.8 Å². The molecule has 0 radical (unpaired) electrons. The van der Waals surface area contributed by atoms with Crippen LogP contribution in [0, 0.1) is 0 Å². The van der Waals surface area contributed by atoms with Crippen LogP contribution in [0.15, 0.2) is 96.0 Å². The Labute approximate surface area is 204 Å². The number of carbonyl (C=O) groups is 1. The molecule has 4 aromatic rings. The maximum absolute atomic E-state index is 13.9. The first-order chi connectivity index (χ1) is 16.7. The second-order valence-corrected chi connectivity index (χ2v) is 8.97. The molecule has 2 heterocycles. The maximum Gasteiger partial charge on any atom is 0.323 e. The average Bonchev–Trinajstić information content (AvgIpc) is 3.30. The van der Waals surface area contributed by atoms with Gasteiger partial charge >= 0.3 is 6.03 Å². The third-order valence-corrected chi connectivity index (χ3v) is 6.83. The zero-order chi connectivity index (χ0) is 23.5. The average molecular weight is 470 g/mol. The number of fused-ring (bicyclic) bond motifs is 3. The minimum atomic E-state index is -0.252. The number of para-hydroxylation sites is 3. The fraction of sp³-hybridized carbons (Fsp3) is 0.179. The molecule has 5 nitrogen and oxygen atoms in total. The number of rotatable bonds is 5. The molecule has 0 bridgehead atoms. The third kappa shape index (κ3) is 4.17. The van der Waals surface area contributed by atoms with Crippen molar-refractivity contribution in [1.82, 2.24) is 9.47 Å². The monoisotopic (exact) mass is 469 g/mol. The SMILES string of the molecule is CCOc1ccccc1NC(=O)N1Cc2ccccc2-n2cccc2C1c1ccc(SC)cc1. The Morgan fingerprint density at radius 3 is 2.56 bits per heavy atom. The number of ether oxygens (including phenoxy) is 1. The first kappa shape index (κ1) is 22.2. The van der Waals surface area contributed by atoms with E-state index >= 15 is 0 Å². The van der Waals surface area contributed by atoms with E-state index in [1.807, 2.05) is 54.3 Å². The van der Waals surface area contributed by atoms with Gasteiger partial charge in [-0.3, -0.25) is 0 Å². The molecule has 5 rings (SSSR count). The van der Waals surface area contributed by atoms with Crippen molar-refractivity contribution in [3.63, 3.8) is 0 Å². The topological polar surface area (TPSA) is 46.5 Å². The van der Waals surface area contributed by atoms with E-state index in [0.29, 0.717) is 24.6 Å². The number of carbonyl (C=O) groups excluding carboxylic acids is 1. The highest BCUT2D eigenvalue weighted by Gasteiger charge is 2.33. The molecule has 1 unspecified atom stereocenters. The highest BCUT2D eigenvalue weighted by atomic mass is 32.2. The Morgan fingerprint density at radius 1 is 1.00 bits per heavy atom. The normalized spacial score (nSPS) is 14.6. The van der Waals surface area contributed by atoms with Crippen molar-refractivity contribution in [1.29, 1.82) is 0 Å². The largest absolute Gasteiger partial charge is 0.492 e. The molecule has 172 valence electrons. The smallest absolute Gasteiger partial charge is 0.323 e. The number of amides is 2. The Balaban J connectivity index is 1.60. The number of hydrogen-bond acceptors (Lipinski definition) is 3. The van der Waals surface area contributed by atoms with Gasteiger partial charge in [-0.1, -0.05) is 42.5 Å². The number of nitrogens with zero attached hydrogens (tertiary/aromatic N) is 2. The summed E-state index contributed by atoms with van der Waals surface area (Å²) in [6, 6.07) is 28.0. The van der Waals surface area contributed by atoms with Gasteiger partial charge in [0.05, 0.1) is 30.6 Å². The standard InChI is InChI=1S/C28H27N3O2S/c1-3-33-26-13-7-5-10-23(26)29-28(32)31-19-21-9-4-6-11-24(21)30-18-8-12-25(30)27(31)20-14-16-22(34-2)17-15-20/h4-18,27H,3,19H2,1-2H3,(H,29,32). The minimum absolute atomic E-state index is 0.171. The van der Waals surface area contributed by atoms with Gasteiger partial charge in [-0.05, 0) is 66.8 Å². The Hall–Kier alpha value is -3.64. The van der Waals surface area contributed by atoms with Gasteiger partial charge in [-0.15, -0.1) is 11.8 Å². The molecule has 6 heteroatoms. The molecule has 0 aliphatic carbocycles. The summed E-state index contributed by atoms with van der Waals surface area (Å²) in [4.78, 5) is 17.0. The molecule has 34 heavy (non-hydrogen) atoms. The lowest BCUT2D eigenvalue weighted by atomic mass is 10.0. The molecule has 1 N–H and O–H groups in total. The molecule has 0 spiro atoms. The van der Waals surface area contributed by atoms with Gasteiger partial charge in [0.2, 0.25) is 0 Å². The molecule has 1 atom stereocenters. The van der Waals surface area contributed by atoms with Crippen molar-refractivity contribution in [2.45, 2.75) is 24.4 Å². The van der Waals surface area contributed by atoms with Crippen LogP contribution in [0.5, 0.6) is 5.75 Å². The maximum atomic E-state index is 13.9. The van der Waals surface area contributed by atoms with Crippen molar-refractivity contribution in [2.24, 2.45) is 0 Å². The summed E-state index contributed by atoms with van der Waals surface area (Å²) < 4.78 is 7.95. The van der Waals surface area contributed by atoms with Crippen LogP contribution < -0.4 is 10.1 Å². The lowest BCUT2D eigenvalue weighted by molar-refractivity contribution is 0.194. The van der Waals surface area contributed by atoms with E-state index in [1.54, 1.807) is 11.8 Å². The summed E-state index contributed by atoms with van der Waals surface area (Å²) in [5.41, 5.74) is 4.97. The van der Waals surface area contributed by atoms with Crippen LogP contribution in [-0.4, -0.2) is 28.4 Å². The summed E-state index contributed by atoms with van der Waals surface area (Å²) in [7, 11) is 0. The first-order valence-corrected chi connectivity index (χ1v) is 12.6. The van der Waals surface area contributed by atoms with Gasteiger partial charge < -0.3 is 19.5 Å². The number of benzene rings is 3. The molecule has 0 saturated carbocycles. The van der Waals surface area contributed by atoms with Gasteiger partial charge in [0.25, 0.3) is 0 Å². The number of aromatic nitrogens is 1. The molecule has 2 amide bonds. The first-order valence-electron chi connectivity index (χ1n) is 11.4. The van der Waals surface area contributed by atoms with Crippen LogP contribution in [0.25, 0.3) is 5.69 Å². The summed E-state index contributed by atoms with van der Waals surface area (Å²) in [6.45, 7) is 2.95. The molecule has 1 aliphatic rings. The molecular formula is C28H27N3O2S. The second kappa shape index (κ2) is 9.69. The van der Waals surface area contributed by atoms with E-state index in [4.69, 9.17) is 4.74 Å². The van der Waals surface area contributed by atoms with Crippen molar-refractivity contribution < 1.29 is 9.53 Å². The summed E-state index contributed by atoms with van der Waals surface area (Å²) in [5.74, 6) is 0.665. The van der Waals surface area contributed by atoms with Crippen LogP contribution in [0.1, 0.15) is 29.8 Å². The zero-order valence-corrected chi connectivity index (χ0v) is 20.1. The van der Waals surface area contributed by atoms with Gasteiger partial charge in [-0.25, -0.2) is 4.79 Å². The van der Waals surface area contributed by atoms with Crippen molar-refractivity contribution in [2.75, 3.05) is 18.2 Å². The molecule has 1 aliphatic heterocycles. The Morgan fingerprint density at radius 2 is 1.76 bits per heavy atom. The van der Waals surface area contributed by atoms with Crippen LogP contribution in [0.4, 0.5) is 10.5 Å². The second-order valence-electron chi connectivity index (χ2n) is 8.09. The van der Waals surface area contributed by atoms with Gasteiger partial charge in [-0.2, -0.15) is 0 Å². The van der Waals surface area contributed by atoms with E-state index in [1.165, 1.54) is 4.90 Å². The predicted molar refractivity (Wildman–Crippen MR) is 138 cm³/mol. The Bertz CT molecular complexity index is 1300. The third-order valence-electron chi connectivity index (χ3n) is 6.08. The van der Waals surface area contributed by atoms with Crippen molar-refractivity contribution in [3.05, 3.63) is 108 Å². The molecule has 3 aromatic carbocycles. The highest BCUT2D eigenvalue weighted by Crippen LogP contribution is 2.38. The number of hydrogen-bond donors (Lipinski definition) is 1. The van der Waals surface area contributed by atoms with Gasteiger partial charge in [0.15, 0.2) is 0 Å². The predicted octanol–water partition coefficient (Wildman–Crippen LogP) is 6.74. The van der Waals surface area contributed by atoms with Gasteiger partial charge in [0.1, 0.15) is 5.75 Å². The lowest BCUT2D eigenvalue weighted by Gasteiger charge is -2.31. The van der Waals surface area contributed by atoms with Crippen molar-refractivity contribution >= 4 is 23.5 Å². The summed E-state index contributed by atoms with van der Waals surface area (Å²) in [5, 5.41) is 3.12. The minimum Gasteiger partial charge on any atom is -0.492 e. The van der Waals surface area contributed by atoms with E-state index < -0.39 is 0 Å². The number of thioether (sulfide) groups is 1. The zero-order valence-electron chi connectivity index (χ0n) is 19.3. The Kier molecular flexibility index (Phi) is 6.32. The van der Waals surface area contributed by atoms with Crippen LogP contribution in [0.3, 0.4) is 0 Å². The fourth-order valence-corrected chi connectivity index (χ4v) is 4.92. The molecular weight excluding hydrogens is 442 g/mol. The van der Waals surface area contributed by atoms with E-state index in [9.17, 15) is 4.79 Å². The van der Waals surface area contributed by atoms with E-state index in [-0.39, 0.29) is 12.1 Å². The fourth-order valence-electron chi connectivity index (χ4n) is 4.51. The quantitative estimate of drug-likeness (QED) is 0.330. The number of anilines is 1. The van der Waals surface area contributed by atoms with Crippen LogP contribution >= 0.6 is 11.8 Å². The number of urea groups is 1. The molecule has 0 fully saturated rings. The molecule has 1 aromatic heterocycles. The van der Waals surface area contributed by atoms with Crippen LogP contribution in [-0.2, 0) is 6.54 Å². The molecule has 0 saturated heterocycles. The van der Waals surface area contributed by atoms with Gasteiger partial charge in [0, 0.05) is 16.8 Å². The van der Waals surface area contributed by atoms with Crippen LogP contribution in [0.2, 0.25) is 0 Å². The summed E-state index contributed by atoms with van der Waals surface area (Å²) in [6.07, 6.45) is 4.14. The van der Waals surface area contributed by atoms with E-state index in [0.717, 1.165) is 22.5 Å². The highest BCUT2D eigenvalue weighted by molar-refractivity contribution is 7.98. The number of nitrogens with one attached hydrogen (secondary N) is 1.